The summed E-state index contributed by atoms with van der Waals surface area (Å²) in [6.07, 6.45) is 0. The molecule has 7 nitrogen and oxygen atoms in total. The summed E-state index contributed by atoms with van der Waals surface area (Å²) in [5, 5.41) is 7.98. The minimum Gasteiger partial charge on any atom is -0.343 e. The molecule has 0 saturated heterocycles. The molecule has 1 aliphatic rings. The van der Waals surface area contributed by atoms with Crippen LogP contribution in [0.25, 0.3) is 0 Å². The van der Waals surface area contributed by atoms with Gasteiger partial charge in [0.25, 0.3) is 5.91 Å². The normalized spacial score (nSPS) is 18.1. The van der Waals surface area contributed by atoms with Gasteiger partial charge < -0.3 is 16.0 Å². The van der Waals surface area contributed by atoms with E-state index in [4.69, 9.17) is 0 Å². The van der Waals surface area contributed by atoms with E-state index >= 15 is 0 Å². The van der Waals surface area contributed by atoms with E-state index < -0.39 is 52.7 Å². The van der Waals surface area contributed by atoms with Crippen molar-refractivity contribution >= 4 is 29.1 Å². The molecule has 0 bridgehead atoms. The van der Waals surface area contributed by atoms with E-state index in [2.05, 4.69) is 16.0 Å². The van der Waals surface area contributed by atoms with Gasteiger partial charge in [0.1, 0.15) is 29.4 Å². The van der Waals surface area contributed by atoms with E-state index in [-0.39, 0.29) is 11.8 Å². The number of amides is 3. The van der Waals surface area contributed by atoms with Crippen LogP contribution in [0.1, 0.15) is 40.2 Å². The predicted molar refractivity (Wildman–Crippen MR) is 131 cm³/mol. The Kier molecular flexibility index (Phi) is 7.59. The van der Waals surface area contributed by atoms with Gasteiger partial charge in [0, 0.05) is 11.1 Å². The number of anilines is 2. The summed E-state index contributed by atoms with van der Waals surface area (Å²) in [6.45, 7) is 8.86. The Balaban J connectivity index is 2.05. The summed E-state index contributed by atoms with van der Waals surface area (Å²) < 4.78 is 28.6. The Labute approximate surface area is 204 Å². The van der Waals surface area contributed by atoms with Crippen molar-refractivity contribution in [2.24, 2.45) is 5.92 Å². The number of likely N-dealkylation sites (N-methyl/N-ethyl adjacent to an activating group) is 1. The summed E-state index contributed by atoms with van der Waals surface area (Å²) in [6, 6.07) is 7.80. The SMILES string of the molecule is CN[C@@H](C)C(=O)NC(C(=O)N1c2ccccc2C(C)(C)C1C(=O)Nc1c(F)cccc1F)C(C)C. The molecule has 0 fully saturated rings. The number of nitrogens with one attached hydrogen (secondary N) is 3. The lowest BCUT2D eigenvalue weighted by molar-refractivity contribution is -0.130. The van der Waals surface area contributed by atoms with Gasteiger partial charge in [-0.1, -0.05) is 52.0 Å². The maximum absolute atomic E-state index is 14.3. The Morgan fingerprint density at radius 1 is 0.971 bits per heavy atom. The molecule has 3 N–H and O–H groups in total. The quantitative estimate of drug-likeness (QED) is 0.560. The van der Waals surface area contributed by atoms with Crippen LogP contribution in [0, 0.1) is 17.6 Å². The molecule has 0 radical (unpaired) electrons. The molecule has 3 rings (SSSR count). The van der Waals surface area contributed by atoms with Crippen LogP contribution in [0.5, 0.6) is 0 Å². The van der Waals surface area contributed by atoms with E-state index in [1.54, 1.807) is 59.9 Å². The van der Waals surface area contributed by atoms with E-state index in [1.165, 1.54) is 11.0 Å². The van der Waals surface area contributed by atoms with E-state index in [0.717, 1.165) is 17.7 Å². The number of para-hydroxylation sites is 2. The molecule has 1 aliphatic heterocycles. The van der Waals surface area contributed by atoms with Crippen LogP contribution in [0.15, 0.2) is 42.5 Å². The number of benzene rings is 2. The summed E-state index contributed by atoms with van der Waals surface area (Å²) in [4.78, 5) is 41.5. The Morgan fingerprint density at radius 3 is 2.14 bits per heavy atom. The highest BCUT2D eigenvalue weighted by Crippen LogP contribution is 2.46. The zero-order valence-electron chi connectivity index (χ0n) is 20.8. The molecular formula is C26H32F2N4O3. The van der Waals surface area contributed by atoms with Crippen molar-refractivity contribution < 1.29 is 23.2 Å². The summed E-state index contributed by atoms with van der Waals surface area (Å²) in [5.41, 5.74) is -0.214. The minimum atomic E-state index is -1.12. The van der Waals surface area contributed by atoms with Gasteiger partial charge in [-0.25, -0.2) is 8.78 Å². The summed E-state index contributed by atoms with van der Waals surface area (Å²) >= 11 is 0. The van der Waals surface area contributed by atoms with Crippen LogP contribution in [-0.2, 0) is 19.8 Å². The second-order valence-corrected chi connectivity index (χ2v) is 9.68. The lowest BCUT2D eigenvalue weighted by atomic mass is 9.80. The van der Waals surface area contributed by atoms with Crippen molar-refractivity contribution in [2.45, 2.75) is 58.2 Å². The fourth-order valence-corrected chi connectivity index (χ4v) is 4.41. The van der Waals surface area contributed by atoms with Crippen molar-refractivity contribution in [1.82, 2.24) is 10.6 Å². The zero-order chi connectivity index (χ0) is 26.1. The van der Waals surface area contributed by atoms with E-state index in [1.807, 2.05) is 6.07 Å². The van der Waals surface area contributed by atoms with Gasteiger partial charge in [-0.15, -0.1) is 0 Å². The van der Waals surface area contributed by atoms with Gasteiger partial charge in [0.05, 0.1) is 6.04 Å². The number of rotatable bonds is 7. The second-order valence-electron chi connectivity index (χ2n) is 9.68. The molecule has 35 heavy (non-hydrogen) atoms. The lowest BCUT2D eigenvalue weighted by Crippen LogP contribution is -2.59. The first-order valence-corrected chi connectivity index (χ1v) is 11.6. The van der Waals surface area contributed by atoms with Crippen LogP contribution >= 0.6 is 0 Å². The number of halogens is 2. The first-order valence-electron chi connectivity index (χ1n) is 11.6. The number of hydrogen-bond acceptors (Lipinski definition) is 4. The number of carbonyl (C=O) groups is 3. The Bertz CT molecular complexity index is 1120. The molecule has 2 aromatic rings. The van der Waals surface area contributed by atoms with Gasteiger partial charge >= 0.3 is 0 Å². The molecule has 3 atom stereocenters. The van der Waals surface area contributed by atoms with Gasteiger partial charge in [-0.2, -0.15) is 0 Å². The van der Waals surface area contributed by atoms with Crippen molar-refractivity contribution in [3.63, 3.8) is 0 Å². The molecular weight excluding hydrogens is 454 g/mol. The molecule has 9 heteroatoms. The monoisotopic (exact) mass is 486 g/mol. The topological polar surface area (TPSA) is 90.5 Å². The van der Waals surface area contributed by atoms with Crippen LogP contribution in [0.3, 0.4) is 0 Å². The molecule has 0 aromatic heterocycles. The summed E-state index contributed by atoms with van der Waals surface area (Å²) in [7, 11) is 1.64. The third-order valence-electron chi connectivity index (χ3n) is 6.55. The van der Waals surface area contributed by atoms with Crippen molar-refractivity contribution in [1.29, 1.82) is 0 Å². The van der Waals surface area contributed by atoms with E-state index in [0.29, 0.717) is 5.69 Å². The predicted octanol–water partition coefficient (Wildman–Crippen LogP) is 3.35. The average molecular weight is 487 g/mol. The molecule has 2 unspecified atom stereocenters. The van der Waals surface area contributed by atoms with Crippen LogP contribution < -0.4 is 20.9 Å². The first-order chi connectivity index (χ1) is 16.4. The number of nitrogens with zero attached hydrogens (tertiary/aromatic N) is 1. The van der Waals surface area contributed by atoms with Crippen LogP contribution in [0.4, 0.5) is 20.2 Å². The lowest BCUT2D eigenvalue weighted by Gasteiger charge is -2.35. The largest absolute Gasteiger partial charge is 0.343 e. The molecule has 0 saturated carbocycles. The fourth-order valence-electron chi connectivity index (χ4n) is 4.41. The second kappa shape index (κ2) is 10.1. The third kappa shape index (κ3) is 4.91. The maximum atomic E-state index is 14.3. The number of hydrogen-bond donors (Lipinski definition) is 3. The standard InChI is InChI=1S/C26H32F2N4O3/c1-14(2)20(30-23(33)15(3)29-6)25(35)32-19-13-8-7-10-16(19)26(4,5)22(32)24(34)31-21-17(27)11-9-12-18(21)28/h7-15,20,22,29H,1-6H3,(H,30,33)(H,31,34)/t15-,20?,22?/m0/s1. The number of fused-ring (bicyclic) bond motifs is 1. The van der Waals surface area contributed by atoms with Crippen molar-refractivity contribution in [3.05, 3.63) is 59.7 Å². The van der Waals surface area contributed by atoms with Crippen LogP contribution in [-0.4, -0.2) is 42.9 Å². The maximum Gasteiger partial charge on any atom is 0.250 e. The highest BCUT2D eigenvalue weighted by Gasteiger charge is 2.52. The average Bonchev–Trinajstić information content (AvgIpc) is 3.05. The molecule has 2 aromatic carbocycles. The first kappa shape index (κ1) is 26.3. The summed E-state index contributed by atoms with van der Waals surface area (Å²) in [5.74, 6) is -3.71. The molecule has 0 aliphatic carbocycles. The van der Waals surface area contributed by atoms with Gasteiger partial charge in [-0.3, -0.25) is 19.3 Å². The minimum absolute atomic E-state index is 0.292. The van der Waals surface area contributed by atoms with E-state index in [9.17, 15) is 23.2 Å². The molecule has 188 valence electrons. The van der Waals surface area contributed by atoms with Crippen molar-refractivity contribution in [3.8, 4) is 0 Å². The molecule has 3 amide bonds. The zero-order valence-corrected chi connectivity index (χ0v) is 20.8. The van der Waals surface area contributed by atoms with Gasteiger partial charge in [0.2, 0.25) is 11.8 Å². The van der Waals surface area contributed by atoms with Gasteiger partial charge in [0.15, 0.2) is 0 Å². The smallest absolute Gasteiger partial charge is 0.250 e. The third-order valence-corrected chi connectivity index (χ3v) is 6.55. The molecule has 0 spiro atoms. The highest BCUT2D eigenvalue weighted by molar-refractivity contribution is 6.11. The highest BCUT2D eigenvalue weighted by atomic mass is 19.1. The molecule has 1 heterocycles. The van der Waals surface area contributed by atoms with Gasteiger partial charge in [-0.05, 0) is 43.7 Å². The number of carbonyl (C=O) groups excluding carboxylic acids is 3. The fraction of sp³-hybridized carbons (Fsp3) is 0.423. The van der Waals surface area contributed by atoms with Crippen molar-refractivity contribution in [2.75, 3.05) is 17.3 Å². The Morgan fingerprint density at radius 2 is 1.57 bits per heavy atom. The van der Waals surface area contributed by atoms with Crippen LogP contribution in [0.2, 0.25) is 0 Å². The Hall–Kier alpha value is -3.33.